The van der Waals surface area contributed by atoms with Crippen molar-refractivity contribution >= 4 is 5.97 Å². The molecular weight excluding hydrogens is 224 g/mol. The first-order valence-electron chi connectivity index (χ1n) is 5.38. The SMILES string of the molecule is CCCOCCOc1cnc(C(=O)OC)cn1. The van der Waals surface area contributed by atoms with Crippen LogP contribution in [0.25, 0.3) is 0 Å². The Labute approximate surface area is 99.9 Å². The third-order valence-corrected chi connectivity index (χ3v) is 1.85. The fourth-order valence-electron chi connectivity index (χ4n) is 1.05. The molecule has 6 heteroatoms. The summed E-state index contributed by atoms with van der Waals surface area (Å²) in [6.07, 6.45) is 3.67. The number of hydrogen-bond acceptors (Lipinski definition) is 6. The Hall–Kier alpha value is -1.69. The van der Waals surface area contributed by atoms with E-state index in [0.29, 0.717) is 19.1 Å². The van der Waals surface area contributed by atoms with Gasteiger partial charge < -0.3 is 14.2 Å². The van der Waals surface area contributed by atoms with Gasteiger partial charge >= 0.3 is 5.97 Å². The molecule has 0 aliphatic carbocycles. The molecule has 0 fully saturated rings. The van der Waals surface area contributed by atoms with Crippen molar-refractivity contribution in [2.24, 2.45) is 0 Å². The first-order chi connectivity index (χ1) is 8.27. The van der Waals surface area contributed by atoms with Crippen LogP contribution in [0.2, 0.25) is 0 Å². The Bertz CT molecular complexity index is 340. The van der Waals surface area contributed by atoms with E-state index in [1.165, 1.54) is 19.5 Å². The van der Waals surface area contributed by atoms with E-state index in [1.54, 1.807) is 0 Å². The van der Waals surface area contributed by atoms with Crippen molar-refractivity contribution in [3.63, 3.8) is 0 Å². The molecule has 0 saturated heterocycles. The lowest BCUT2D eigenvalue weighted by molar-refractivity contribution is 0.0593. The predicted molar refractivity (Wildman–Crippen MR) is 60.0 cm³/mol. The summed E-state index contributed by atoms with van der Waals surface area (Å²) in [6, 6.07) is 0. The van der Waals surface area contributed by atoms with Crippen molar-refractivity contribution in [3.05, 3.63) is 18.1 Å². The number of methoxy groups -OCH3 is 1. The molecule has 1 heterocycles. The second-order valence-electron chi connectivity index (χ2n) is 3.19. The van der Waals surface area contributed by atoms with Crippen LogP contribution in [0.15, 0.2) is 12.4 Å². The van der Waals surface area contributed by atoms with Crippen molar-refractivity contribution < 1.29 is 19.0 Å². The zero-order valence-electron chi connectivity index (χ0n) is 10.0. The molecule has 1 aromatic heterocycles. The van der Waals surface area contributed by atoms with Crippen LogP contribution in [0.1, 0.15) is 23.8 Å². The lowest BCUT2D eigenvalue weighted by Crippen LogP contribution is -2.09. The minimum Gasteiger partial charge on any atom is -0.474 e. The van der Waals surface area contributed by atoms with Gasteiger partial charge in [0, 0.05) is 6.61 Å². The Kier molecular flexibility index (Phi) is 5.95. The topological polar surface area (TPSA) is 70.5 Å². The summed E-state index contributed by atoms with van der Waals surface area (Å²) in [5, 5.41) is 0. The van der Waals surface area contributed by atoms with Crippen molar-refractivity contribution in [3.8, 4) is 5.88 Å². The molecule has 0 bridgehead atoms. The van der Waals surface area contributed by atoms with Gasteiger partial charge in [0.05, 0.1) is 26.1 Å². The van der Waals surface area contributed by atoms with Crippen LogP contribution in [0.4, 0.5) is 0 Å². The van der Waals surface area contributed by atoms with Gasteiger partial charge in [-0.05, 0) is 6.42 Å². The normalized spacial score (nSPS) is 10.0. The van der Waals surface area contributed by atoms with Gasteiger partial charge in [0.2, 0.25) is 5.88 Å². The van der Waals surface area contributed by atoms with Crippen molar-refractivity contribution in [1.29, 1.82) is 0 Å². The third kappa shape index (κ3) is 4.78. The molecule has 1 rings (SSSR count). The van der Waals surface area contributed by atoms with E-state index in [4.69, 9.17) is 9.47 Å². The summed E-state index contributed by atoms with van der Waals surface area (Å²) in [5.74, 6) is -0.159. The average molecular weight is 240 g/mol. The van der Waals surface area contributed by atoms with Crippen LogP contribution >= 0.6 is 0 Å². The molecule has 0 amide bonds. The highest BCUT2D eigenvalue weighted by atomic mass is 16.5. The summed E-state index contributed by atoms with van der Waals surface area (Å²) in [5.41, 5.74) is 0.155. The minimum absolute atomic E-state index is 0.155. The van der Waals surface area contributed by atoms with E-state index in [2.05, 4.69) is 14.7 Å². The van der Waals surface area contributed by atoms with E-state index in [9.17, 15) is 4.79 Å². The summed E-state index contributed by atoms with van der Waals surface area (Å²) in [4.78, 5) is 18.9. The number of carbonyl (C=O) groups excluding carboxylic acids is 1. The van der Waals surface area contributed by atoms with Crippen molar-refractivity contribution in [1.82, 2.24) is 9.97 Å². The predicted octanol–water partition coefficient (Wildman–Crippen LogP) is 1.07. The van der Waals surface area contributed by atoms with Crippen LogP contribution in [-0.2, 0) is 9.47 Å². The fraction of sp³-hybridized carbons (Fsp3) is 0.545. The van der Waals surface area contributed by atoms with Gasteiger partial charge in [0.25, 0.3) is 0 Å². The maximum atomic E-state index is 11.1. The number of esters is 1. The smallest absolute Gasteiger partial charge is 0.358 e. The van der Waals surface area contributed by atoms with Crippen molar-refractivity contribution in [2.45, 2.75) is 13.3 Å². The Morgan fingerprint density at radius 1 is 1.24 bits per heavy atom. The summed E-state index contributed by atoms with van der Waals surface area (Å²) in [6.45, 7) is 3.68. The largest absolute Gasteiger partial charge is 0.474 e. The van der Waals surface area contributed by atoms with Crippen LogP contribution in [0, 0.1) is 0 Å². The van der Waals surface area contributed by atoms with Gasteiger partial charge in [-0.3, -0.25) is 0 Å². The molecule has 0 aliphatic rings. The number of rotatable bonds is 7. The molecule has 0 unspecified atom stereocenters. The van der Waals surface area contributed by atoms with Gasteiger partial charge in [0.1, 0.15) is 6.61 Å². The van der Waals surface area contributed by atoms with Gasteiger partial charge in [-0.2, -0.15) is 0 Å². The van der Waals surface area contributed by atoms with Crippen LogP contribution in [-0.4, -0.2) is 42.9 Å². The molecule has 0 aromatic carbocycles. The van der Waals surface area contributed by atoms with Crippen molar-refractivity contribution in [2.75, 3.05) is 26.9 Å². The fourth-order valence-corrected chi connectivity index (χ4v) is 1.05. The van der Waals surface area contributed by atoms with Crippen LogP contribution in [0.3, 0.4) is 0 Å². The second-order valence-corrected chi connectivity index (χ2v) is 3.19. The van der Waals surface area contributed by atoms with E-state index in [0.717, 1.165) is 13.0 Å². The number of carbonyl (C=O) groups is 1. The number of hydrogen-bond donors (Lipinski definition) is 0. The molecule has 0 atom stereocenters. The molecule has 1 aromatic rings. The van der Waals surface area contributed by atoms with E-state index >= 15 is 0 Å². The zero-order valence-corrected chi connectivity index (χ0v) is 10.0. The molecule has 0 radical (unpaired) electrons. The minimum atomic E-state index is -0.518. The Morgan fingerprint density at radius 2 is 2.06 bits per heavy atom. The molecule has 17 heavy (non-hydrogen) atoms. The van der Waals surface area contributed by atoms with Crippen LogP contribution < -0.4 is 4.74 Å². The average Bonchev–Trinajstić information content (AvgIpc) is 2.38. The Morgan fingerprint density at radius 3 is 2.65 bits per heavy atom. The second kappa shape index (κ2) is 7.56. The van der Waals surface area contributed by atoms with Gasteiger partial charge in [-0.1, -0.05) is 6.92 Å². The Balaban J connectivity index is 2.33. The summed E-state index contributed by atoms with van der Waals surface area (Å²) < 4.78 is 15.0. The summed E-state index contributed by atoms with van der Waals surface area (Å²) >= 11 is 0. The maximum absolute atomic E-state index is 11.1. The summed E-state index contributed by atoms with van der Waals surface area (Å²) in [7, 11) is 1.29. The molecule has 94 valence electrons. The van der Waals surface area contributed by atoms with Gasteiger partial charge in [-0.25, -0.2) is 14.8 Å². The highest BCUT2D eigenvalue weighted by Crippen LogP contribution is 2.04. The molecule has 0 spiro atoms. The lowest BCUT2D eigenvalue weighted by atomic mass is 10.4. The molecule has 0 aliphatic heterocycles. The third-order valence-electron chi connectivity index (χ3n) is 1.85. The number of nitrogens with zero attached hydrogens (tertiary/aromatic N) is 2. The van der Waals surface area contributed by atoms with E-state index in [-0.39, 0.29) is 5.69 Å². The monoisotopic (exact) mass is 240 g/mol. The number of aromatic nitrogens is 2. The zero-order chi connectivity index (χ0) is 12.5. The van der Waals surface area contributed by atoms with Gasteiger partial charge in [-0.15, -0.1) is 0 Å². The quantitative estimate of drug-likeness (QED) is 0.524. The van der Waals surface area contributed by atoms with Gasteiger partial charge in [0.15, 0.2) is 5.69 Å². The standard InChI is InChI=1S/C11H16N2O4/c1-3-4-16-5-6-17-10-8-12-9(7-13-10)11(14)15-2/h7-8H,3-6H2,1-2H3. The molecular formula is C11H16N2O4. The van der Waals surface area contributed by atoms with E-state index < -0.39 is 5.97 Å². The first kappa shape index (κ1) is 13.4. The molecule has 0 N–H and O–H groups in total. The first-order valence-corrected chi connectivity index (χ1v) is 5.38. The maximum Gasteiger partial charge on any atom is 0.358 e. The highest BCUT2D eigenvalue weighted by Gasteiger charge is 2.07. The van der Waals surface area contributed by atoms with Crippen LogP contribution in [0.5, 0.6) is 5.88 Å². The molecule has 0 saturated carbocycles. The lowest BCUT2D eigenvalue weighted by Gasteiger charge is -2.05. The number of ether oxygens (including phenoxy) is 3. The van der Waals surface area contributed by atoms with E-state index in [1.807, 2.05) is 6.92 Å². The molecule has 6 nitrogen and oxygen atoms in total. The highest BCUT2D eigenvalue weighted by molar-refractivity contribution is 5.86.